The van der Waals surface area contributed by atoms with E-state index in [2.05, 4.69) is 81.5 Å². The lowest BCUT2D eigenvalue weighted by molar-refractivity contribution is -0.167. The van der Waals surface area contributed by atoms with Gasteiger partial charge in [-0.05, 0) is 83.5 Å². The Labute approximate surface area is 510 Å². The smallest absolute Gasteiger partial charge is 0.306 e. The first-order chi connectivity index (χ1) is 40.5. The molecule has 0 aliphatic rings. The van der Waals surface area contributed by atoms with Gasteiger partial charge < -0.3 is 14.2 Å². The molecule has 0 radical (unpaired) electrons. The Kier molecular flexibility index (Phi) is 68.1. The highest BCUT2D eigenvalue weighted by atomic mass is 16.6. The van der Waals surface area contributed by atoms with E-state index in [0.717, 1.165) is 96.3 Å². The molecule has 6 heteroatoms. The molecule has 0 aromatic carbocycles. The Bertz CT molecular complexity index is 1460. The van der Waals surface area contributed by atoms with Gasteiger partial charge in [-0.15, -0.1) is 0 Å². The van der Waals surface area contributed by atoms with Crippen LogP contribution in [0.1, 0.15) is 387 Å². The second-order valence-electron chi connectivity index (χ2n) is 24.5. The molecule has 0 aliphatic carbocycles. The predicted octanol–water partition coefficient (Wildman–Crippen LogP) is 25.1. The summed E-state index contributed by atoms with van der Waals surface area (Å²) in [5, 5.41) is 0. The minimum atomic E-state index is -0.784. The van der Waals surface area contributed by atoms with Gasteiger partial charge in [-0.3, -0.25) is 14.4 Å². The summed E-state index contributed by atoms with van der Waals surface area (Å²) in [6.07, 6.45) is 91.2. The summed E-state index contributed by atoms with van der Waals surface area (Å²) in [6, 6.07) is 0. The van der Waals surface area contributed by atoms with E-state index in [1.807, 2.05) is 0 Å². The first-order valence-electron chi connectivity index (χ1n) is 36.3. The number of rotatable bonds is 67. The van der Waals surface area contributed by atoms with Gasteiger partial charge in [-0.2, -0.15) is 0 Å². The molecule has 0 amide bonds. The number of esters is 3. The fraction of sp³-hybridized carbons (Fsp3) is 0.829. The standard InChI is InChI=1S/C76H138O6/c1-4-7-10-13-16-19-22-25-28-31-33-34-35-36-37-38-39-40-41-42-43-46-48-51-54-57-60-63-66-69-75(78)81-72-73(71-80-74(77)68-65-62-59-56-53-50-47-44-30-27-24-21-18-15-12-9-6-3)82-76(79)70-67-64-61-58-55-52-49-45-32-29-26-23-20-17-14-11-8-5-2/h9,12,18,21,27,30-31,33,47,50,73H,4-8,10-11,13-17,19-20,22-26,28-29,32,34-46,48-49,51-72H2,1-3H3/b12-9-,21-18-,30-27-,33-31-,50-47-. The molecule has 0 heterocycles. The highest BCUT2D eigenvalue weighted by Crippen LogP contribution is 2.18. The van der Waals surface area contributed by atoms with E-state index < -0.39 is 6.10 Å². The van der Waals surface area contributed by atoms with Crippen molar-refractivity contribution < 1.29 is 28.6 Å². The third-order valence-corrected chi connectivity index (χ3v) is 16.3. The molecule has 0 N–H and O–H groups in total. The van der Waals surface area contributed by atoms with Crippen molar-refractivity contribution in [1.29, 1.82) is 0 Å². The van der Waals surface area contributed by atoms with Crippen LogP contribution >= 0.6 is 0 Å². The molecular formula is C76H138O6. The van der Waals surface area contributed by atoms with Crippen LogP contribution in [0.4, 0.5) is 0 Å². The number of carbonyl (C=O) groups excluding carboxylic acids is 3. The zero-order chi connectivity index (χ0) is 59.2. The molecule has 0 aromatic rings. The summed E-state index contributed by atoms with van der Waals surface area (Å²) in [5.41, 5.74) is 0. The first-order valence-corrected chi connectivity index (χ1v) is 36.3. The van der Waals surface area contributed by atoms with Crippen LogP contribution in [0.5, 0.6) is 0 Å². The van der Waals surface area contributed by atoms with Crippen molar-refractivity contribution in [2.45, 2.75) is 393 Å². The lowest BCUT2D eigenvalue weighted by atomic mass is 10.0. The second-order valence-corrected chi connectivity index (χ2v) is 24.5. The normalized spacial score (nSPS) is 12.4. The largest absolute Gasteiger partial charge is 0.462 e. The average molecular weight is 1150 g/mol. The van der Waals surface area contributed by atoms with Crippen molar-refractivity contribution in [1.82, 2.24) is 0 Å². The van der Waals surface area contributed by atoms with E-state index in [0.29, 0.717) is 19.3 Å². The monoisotopic (exact) mass is 1150 g/mol. The van der Waals surface area contributed by atoms with Crippen LogP contribution in [0, 0.1) is 0 Å². The molecule has 0 aliphatic heterocycles. The van der Waals surface area contributed by atoms with E-state index in [4.69, 9.17) is 14.2 Å². The predicted molar refractivity (Wildman–Crippen MR) is 358 cm³/mol. The lowest BCUT2D eigenvalue weighted by Gasteiger charge is -2.18. The molecule has 478 valence electrons. The number of hydrogen-bond acceptors (Lipinski definition) is 6. The zero-order valence-corrected chi connectivity index (χ0v) is 55.0. The maximum atomic E-state index is 13.0. The fourth-order valence-electron chi connectivity index (χ4n) is 10.8. The van der Waals surface area contributed by atoms with E-state index in [9.17, 15) is 14.4 Å². The minimum absolute atomic E-state index is 0.0774. The molecule has 0 rings (SSSR count). The summed E-state index contributed by atoms with van der Waals surface area (Å²) >= 11 is 0. The van der Waals surface area contributed by atoms with Crippen LogP contribution in [0.15, 0.2) is 60.8 Å². The van der Waals surface area contributed by atoms with Crippen molar-refractivity contribution in [3.05, 3.63) is 60.8 Å². The maximum absolute atomic E-state index is 13.0. The van der Waals surface area contributed by atoms with Gasteiger partial charge in [0.25, 0.3) is 0 Å². The average Bonchev–Trinajstić information content (AvgIpc) is 3.47. The molecule has 0 spiro atoms. The summed E-state index contributed by atoms with van der Waals surface area (Å²) in [6.45, 7) is 6.58. The summed E-state index contributed by atoms with van der Waals surface area (Å²) in [5.74, 6) is -0.875. The molecule has 0 saturated heterocycles. The molecular weight excluding hydrogens is 1010 g/mol. The van der Waals surface area contributed by atoms with Crippen LogP contribution in [-0.4, -0.2) is 37.2 Å². The minimum Gasteiger partial charge on any atom is -0.462 e. The topological polar surface area (TPSA) is 78.9 Å². The number of unbranched alkanes of at least 4 members (excludes halogenated alkanes) is 46. The Balaban J connectivity index is 4.25. The van der Waals surface area contributed by atoms with Crippen LogP contribution in [-0.2, 0) is 28.6 Å². The molecule has 0 fully saturated rings. The molecule has 82 heavy (non-hydrogen) atoms. The van der Waals surface area contributed by atoms with E-state index in [1.165, 1.54) is 250 Å². The first kappa shape index (κ1) is 79.1. The Hall–Kier alpha value is -2.89. The Morgan fingerprint density at radius 3 is 0.756 bits per heavy atom. The molecule has 1 unspecified atom stereocenters. The van der Waals surface area contributed by atoms with Gasteiger partial charge in [-0.25, -0.2) is 0 Å². The van der Waals surface area contributed by atoms with Gasteiger partial charge >= 0.3 is 17.9 Å². The lowest BCUT2D eigenvalue weighted by Crippen LogP contribution is -2.30. The molecule has 0 aromatic heterocycles. The van der Waals surface area contributed by atoms with Gasteiger partial charge in [0.1, 0.15) is 13.2 Å². The molecule has 0 bridgehead atoms. The fourth-order valence-corrected chi connectivity index (χ4v) is 10.8. The summed E-state index contributed by atoms with van der Waals surface area (Å²) in [7, 11) is 0. The second kappa shape index (κ2) is 70.6. The summed E-state index contributed by atoms with van der Waals surface area (Å²) in [4.78, 5) is 38.5. The molecule has 0 saturated carbocycles. The SMILES string of the molecule is CC/C=C\C/C=C\C/C=C\C/C=C\CCCCCCC(=O)OCC(COC(=O)CCCCCCCCCCCCCCCCCCC/C=C\CCCCCCCCCC)OC(=O)CCCCCCCCCCCCCCCCCCCC. The van der Waals surface area contributed by atoms with Gasteiger partial charge in [0.15, 0.2) is 6.10 Å². The quantitative estimate of drug-likeness (QED) is 0.0261. The number of allylic oxidation sites excluding steroid dienone is 10. The highest BCUT2D eigenvalue weighted by molar-refractivity contribution is 5.71. The highest BCUT2D eigenvalue weighted by Gasteiger charge is 2.19. The Morgan fingerprint density at radius 2 is 0.476 bits per heavy atom. The van der Waals surface area contributed by atoms with Crippen molar-refractivity contribution in [3.8, 4) is 0 Å². The van der Waals surface area contributed by atoms with E-state index in [-0.39, 0.29) is 31.1 Å². The van der Waals surface area contributed by atoms with Gasteiger partial charge in [-0.1, -0.05) is 345 Å². The van der Waals surface area contributed by atoms with Crippen LogP contribution in [0.2, 0.25) is 0 Å². The van der Waals surface area contributed by atoms with E-state index in [1.54, 1.807) is 0 Å². The van der Waals surface area contributed by atoms with Crippen molar-refractivity contribution >= 4 is 17.9 Å². The van der Waals surface area contributed by atoms with Gasteiger partial charge in [0.2, 0.25) is 0 Å². The third-order valence-electron chi connectivity index (χ3n) is 16.3. The van der Waals surface area contributed by atoms with Gasteiger partial charge in [0, 0.05) is 19.3 Å². The van der Waals surface area contributed by atoms with Crippen molar-refractivity contribution in [2.75, 3.05) is 13.2 Å². The third kappa shape index (κ3) is 67.9. The van der Waals surface area contributed by atoms with Crippen LogP contribution in [0.3, 0.4) is 0 Å². The van der Waals surface area contributed by atoms with Crippen molar-refractivity contribution in [3.63, 3.8) is 0 Å². The molecule has 1 atom stereocenters. The van der Waals surface area contributed by atoms with Crippen molar-refractivity contribution in [2.24, 2.45) is 0 Å². The van der Waals surface area contributed by atoms with Gasteiger partial charge in [0.05, 0.1) is 0 Å². The molecule has 6 nitrogen and oxygen atoms in total. The maximum Gasteiger partial charge on any atom is 0.306 e. The summed E-state index contributed by atoms with van der Waals surface area (Å²) < 4.78 is 17.0. The zero-order valence-electron chi connectivity index (χ0n) is 55.0. The Morgan fingerprint density at radius 1 is 0.256 bits per heavy atom. The number of hydrogen-bond donors (Lipinski definition) is 0. The van der Waals surface area contributed by atoms with Crippen LogP contribution < -0.4 is 0 Å². The van der Waals surface area contributed by atoms with Crippen LogP contribution in [0.25, 0.3) is 0 Å². The van der Waals surface area contributed by atoms with E-state index >= 15 is 0 Å². The number of ether oxygens (including phenoxy) is 3. The number of carbonyl (C=O) groups is 3.